The van der Waals surface area contributed by atoms with Crippen molar-refractivity contribution in [3.8, 4) is 0 Å². The molecule has 3 rings (SSSR count). The summed E-state index contributed by atoms with van der Waals surface area (Å²) < 4.78 is 33.0. The van der Waals surface area contributed by atoms with Crippen LogP contribution in [0.4, 0.5) is 10.8 Å². The number of aliphatic hydroxyl groups is 1. The molecule has 1 heterocycles. The summed E-state index contributed by atoms with van der Waals surface area (Å²) in [6.45, 7) is -2.62. The van der Waals surface area contributed by atoms with Crippen molar-refractivity contribution < 1.29 is 15.4 Å². The number of amides is 1. The maximum absolute atomic E-state index is 12.1. The summed E-state index contributed by atoms with van der Waals surface area (Å²) >= 11 is 1.25. The van der Waals surface area contributed by atoms with Gasteiger partial charge in [-0.05, 0) is 36.1 Å². The van der Waals surface area contributed by atoms with Gasteiger partial charge in [-0.1, -0.05) is 42.5 Å². The van der Waals surface area contributed by atoms with Crippen LogP contribution >= 0.6 is 11.3 Å². The number of nitrogens with zero attached hydrogens (tertiary/aromatic N) is 1. The SMILES string of the molecule is [2H]C([2H])(NC[C@H](O)c1ccccc1)C([2H])([2H])c1ccc(NC(=O)Cc2csc(N)n2)cc1. The van der Waals surface area contributed by atoms with Gasteiger partial charge in [-0.3, -0.25) is 4.79 Å². The minimum atomic E-state index is -2.46. The Morgan fingerprint density at radius 3 is 2.64 bits per heavy atom. The summed E-state index contributed by atoms with van der Waals surface area (Å²) in [5.74, 6) is -0.294. The van der Waals surface area contributed by atoms with Gasteiger partial charge in [0.25, 0.3) is 0 Å². The summed E-state index contributed by atoms with van der Waals surface area (Å²) in [7, 11) is 0. The van der Waals surface area contributed by atoms with E-state index in [0.717, 1.165) is 0 Å². The standard InChI is InChI=1S/C21H24N4O2S/c22-21-25-18(14-28-21)12-20(27)24-17-8-6-15(7-9-17)10-11-23-13-19(26)16-4-2-1-3-5-16/h1-9,14,19,23,26H,10-13H2,(H2,22,25)(H,24,27)/t19-/m0/s1/i10D2,11D2. The molecule has 6 nitrogen and oxygen atoms in total. The lowest BCUT2D eigenvalue weighted by atomic mass is 10.1. The van der Waals surface area contributed by atoms with Gasteiger partial charge in [0.15, 0.2) is 5.13 Å². The first-order valence-corrected chi connectivity index (χ1v) is 9.55. The Kier molecular flexibility index (Phi) is 5.42. The first kappa shape index (κ1) is 15.2. The molecule has 0 spiro atoms. The van der Waals surface area contributed by atoms with Crippen LogP contribution in [0.15, 0.2) is 60.0 Å². The molecule has 0 bridgehead atoms. The van der Waals surface area contributed by atoms with E-state index in [1.807, 2.05) is 6.07 Å². The molecule has 0 radical (unpaired) electrons. The molecule has 2 aromatic carbocycles. The van der Waals surface area contributed by atoms with Gasteiger partial charge in [0.1, 0.15) is 0 Å². The molecular formula is C21H24N4O2S. The fourth-order valence-electron chi connectivity index (χ4n) is 2.47. The molecular weight excluding hydrogens is 372 g/mol. The zero-order chi connectivity index (χ0) is 23.4. The van der Waals surface area contributed by atoms with Crippen molar-refractivity contribution in [3.63, 3.8) is 0 Å². The van der Waals surface area contributed by atoms with Crippen LogP contribution in [0.1, 0.15) is 28.4 Å². The van der Waals surface area contributed by atoms with E-state index in [1.54, 1.807) is 29.6 Å². The van der Waals surface area contributed by atoms with Crippen LogP contribution in [0, 0.1) is 0 Å². The third-order valence-electron chi connectivity index (χ3n) is 3.85. The van der Waals surface area contributed by atoms with Crippen molar-refractivity contribution in [1.29, 1.82) is 0 Å². The summed E-state index contributed by atoms with van der Waals surface area (Å²) in [5, 5.41) is 17.5. The number of aryl methyl sites for hydroxylation is 1. The van der Waals surface area contributed by atoms with Crippen LogP contribution in [-0.4, -0.2) is 29.0 Å². The van der Waals surface area contributed by atoms with E-state index < -0.39 is 19.0 Å². The largest absolute Gasteiger partial charge is 0.387 e. The topological polar surface area (TPSA) is 100 Å². The first-order chi connectivity index (χ1) is 15.1. The van der Waals surface area contributed by atoms with Crippen molar-refractivity contribution in [1.82, 2.24) is 10.3 Å². The number of rotatable bonds is 9. The molecule has 0 aliphatic rings. The van der Waals surface area contributed by atoms with E-state index in [9.17, 15) is 9.90 Å². The van der Waals surface area contributed by atoms with Crippen LogP contribution in [-0.2, 0) is 17.6 Å². The normalized spacial score (nSPS) is 15.0. The summed E-state index contributed by atoms with van der Waals surface area (Å²) in [6.07, 6.45) is -3.32. The zero-order valence-electron chi connectivity index (χ0n) is 19.1. The number of hydrogen-bond donors (Lipinski definition) is 4. The van der Waals surface area contributed by atoms with E-state index in [-0.39, 0.29) is 24.4 Å². The predicted molar refractivity (Wildman–Crippen MR) is 113 cm³/mol. The molecule has 0 fully saturated rings. The average Bonchev–Trinajstić information content (AvgIpc) is 3.17. The minimum absolute atomic E-state index is 0.0620. The number of aromatic nitrogens is 1. The summed E-state index contributed by atoms with van der Waals surface area (Å²) in [6, 6.07) is 14.6. The Morgan fingerprint density at radius 2 is 1.96 bits per heavy atom. The molecule has 146 valence electrons. The summed E-state index contributed by atoms with van der Waals surface area (Å²) in [5.41, 5.74) is 7.27. The van der Waals surface area contributed by atoms with E-state index in [4.69, 9.17) is 11.2 Å². The Morgan fingerprint density at radius 1 is 1.21 bits per heavy atom. The lowest BCUT2D eigenvalue weighted by Crippen LogP contribution is -2.23. The Labute approximate surface area is 174 Å². The van der Waals surface area contributed by atoms with Crippen molar-refractivity contribution in [2.45, 2.75) is 18.9 Å². The molecule has 7 heteroatoms. The molecule has 0 aliphatic carbocycles. The molecule has 28 heavy (non-hydrogen) atoms. The number of nitrogens with two attached hydrogens (primary N) is 1. The molecule has 0 unspecified atom stereocenters. The fraction of sp³-hybridized carbons (Fsp3) is 0.238. The van der Waals surface area contributed by atoms with Gasteiger partial charge in [-0.2, -0.15) is 0 Å². The Bertz CT molecular complexity index is 1050. The zero-order valence-corrected chi connectivity index (χ0v) is 15.9. The Hall–Kier alpha value is -2.74. The van der Waals surface area contributed by atoms with Gasteiger partial charge in [0.2, 0.25) is 5.91 Å². The quantitative estimate of drug-likeness (QED) is 0.443. The lowest BCUT2D eigenvalue weighted by Gasteiger charge is -2.12. The van der Waals surface area contributed by atoms with Crippen LogP contribution in [0.3, 0.4) is 0 Å². The minimum Gasteiger partial charge on any atom is -0.387 e. The molecule has 0 saturated heterocycles. The van der Waals surface area contributed by atoms with E-state index >= 15 is 0 Å². The number of carbonyl (C=O) groups excluding carboxylic acids is 1. The van der Waals surface area contributed by atoms with Crippen molar-refractivity contribution in [2.24, 2.45) is 0 Å². The number of hydrogen-bond acceptors (Lipinski definition) is 6. The second kappa shape index (κ2) is 9.98. The summed E-state index contributed by atoms with van der Waals surface area (Å²) in [4.78, 5) is 16.2. The number of aliphatic hydroxyl groups excluding tert-OH is 1. The molecule has 0 saturated carbocycles. The van der Waals surface area contributed by atoms with Crippen LogP contribution in [0.2, 0.25) is 0 Å². The van der Waals surface area contributed by atoms with Crippen LogP contribution < -0.4 is 16.4 Å². The lowest BCUT2D eigenvalue weighted by molar-refractivity contribution is -0.115. The molecule has 1 amide bonds. The number of nitrogens with one attached hydrogen (secondary N) is 2. The maximum atomic E-state index is 12.1. The van der Waals surface area contributed by atoms with Gasteiger partial charge in [-0.25, -0.2) is 4.98 Å². The highest BCUT2D eigenvalue weighted by atomic mass is 32.1. The van der Waals surface area contributed by atoms with Gasteiger partial charge in [-0.15, -0.1) is 11.3 Å². The van der Waals surface area contributed by atoms with Gasteiger partial charge >= 0.3 is 0 Å². The number of benzene rings is 2. The number of anilines is 2. The van der Waals surface area contributed by atoms with Crippen molar-refractivity contribution in [3.05, 3.63) is 76.8 Å². The highest BCUT2D eigenvalue weighted by Crippen LogP contribution is 2.14. The van der Waals surface area contributed by atoms with E-state index in [2.05, 4.69) is 15.6 Å². The number of nitrogen functional groups attached to an aromatic ring is 1. The smallest absolute Gasteiger partial charge is 0.230 e. The maximum Gasteiger partial charge on any atom is 0.230 e. The predicted octanol–water partition coefficient (Wildman–Crippen LogP) is 2.77. The third-order valence-corrected chi connectivity index (χ3v) is 4.58. The number of thiazole rings is 1. The molecule has 3 aromatic rings. The number of carbonyl (C=O) groups is 1. The third kappa shape index (κ3) is 6.16. The molecule has 1 atom stereocenters. The highest BCUT2D eigenvalue weighted by molar-refractivity contribution is 7.13. The molecule has 0 aliphatic heterocycles. The Balaban J connectivity index is 1.61. The van der Waals surface area contributed by atoms with Crippen molar-refractivity contribution in [2.75, 3.05) is 24.1 Å². The van der Waals surface area contributed by atoms with Crippen LogP contribution in [0.5, 0.6) is 0 Å². The monoisotopic (exact) mass is 400 g/mol. The van der Waals surface area contributed by atoms with E-state index in [0.29, 0.717) is 22.1 Å². The van der Waals surface area contributed by atoms with Gasteiger partial charge < -0.3 is 21.5 Å². The van der Waals surface area contributed by atoms with E-state index in [1.165, 1.54) is 35.6 Å². The van der Waals surface area contributed by atoms with Crippen LogP contribution in [0.25, 0.3) is 0 Å². The first-order valence-electron chi connectivity index (χ1n) is 10.7. The average molecular weight is 401 g/mol. The fourth-order valence-corrected chi connectivity index (χ4v) is 3.03. The van der Waals surface area contributed by atoms with Gasteiger partial charge in [0, 0.05) is 23.1 Å². The molecule has 5 N–H and O–H groups in total. The second-order valence-corrected chi connectivity index (χ2v) is 6.93. The highest BCUT2D eigenvalue weighted by Gasteiger charge is 2.08. The molecule has 1 aromatic heterocycles. The second-order valence-electron chi connectivity index (χ2n) is 6.04. The van der Waals surface area contributed by atoms with Gasteiger partial charge in [0.05, 0.1) is 18.2 Å². The van der Waals surface area contributed by atoms with Crippen molar-refractivity contribution >= 4 is 28.1 Å².